The van der Waals surface area contributed by atoms with Crippen molar-refractivity contribution in [2.75, 3.05) is 31.1 Å². The van der Waals surface area contributed by atoms with E-state index < -0.39 is 0 Å². The molecule has 0 radical (unpaired) electrons. The summed E-state index contributed by atoms with van der Waals surface area (Å²) >= 11 is 1.95. The van der Waals surface area contributed by atoms with Crippen molar-refractivity contribution in [2.45, 2.75) is 19.0 Å². The van der Waals surface area contributed by atoms with Crippen LogP contribution in [-0.4, -0.2) is 48.0 Å². The van der Waals surface area contributed by atoms with E-state index in [2.05, 4.69) is 10.2 Å². The van der Waals surface area contributed by atoms with E-state index in [-0.39, 0.29) is 42.8 Å². The maximum absolute atomic E-state index is 12.6. The van der Waals surface area contributed by atoms with Crippen LogP contribution in [0.4, 0.5) is 0 Å². The van der Waals surface area contributed by atoms with Crippen LogP contribution >= 0.6 is 36.6 Å². The van der Waals surface area contributed by atoms with E-state index in [9.17, 15) is 4.79 Å². The maximum Gasteiger partial charge on any atom is 0.242 e. The Hall–Kier alpha value is -0.460. The predicted octanol–water partition coefficient (Wildman–Crippen LogP) is 2.08. The van der Waals surface area contributed by atoms with Gasteiger partial charge in [-0.2, -0.15) is 11.8 Å². The summed E-state index contributed by atoms with van der Waals surface area (Å²) in [6.45, 7) is 4.30. The van der Waals surface area contributed by atoms with Gasteiger partial charge in [-0.1, -0.05) is 30.3 Å². The van der Waals surface area contributed by atoms with Crippen LogP contribution in [0.3, 0.4) is 0 Å². The van der Waals surface area contributed by atoms with Crippen LogP contribution in [-0.2, 0) is 4.79 Å². The molecule has 126 valence electrons. The van der Waals surface area contributed by atoms with E-state index in [0.29, 0.717) is 6.54 Å². The van der Waals surface area contributed by atoms with Gasteiger partial charge < -0.3 is 11.1 Å². The average Bonchev–Trinajstić information content (AvgIpc) is 2.49. The Morgan fingerprint density at radius 1 is 1.27 bits per heavy atom. The third kappa shape index (κ3) is 5.97. The Morgan fingerprint density at radius 2 is 1.86 bits per heavy atom. The molecule has 0 aliphatic carbocycles. The van der Waals surface area contributed by atoms with Crippen molar-refractivity contribution in [3.05, 3.63) is 35.9 Å². The monoisotopic (exact) mass is 365 g/mol. The molecule has 2 rings (SSSR count). The molecule has 0 saturated carbocycles. The standard InChI is InChI=1S/C15H23N3OS.2ClH/c1-12(11-16)17-15(19)14(13-5-3-2-4-6-13)18-7-9-20-10-8-18;;/h2-6,12,14H,7-11,16H2,1H3,(H,17,19);2*1H/t12-,14?;;/m0../s1. The lowest BCUT2D eigenvalue weighted by Crippen LogP contribution is -2.47. The van der Waals surface area contributed by atoms with E-state index in [1.54, 1.807) is 0 Å². The minimum atomic E-state index is -0.203. The number of carbonyl (C=O) groups is 1. The molecule has 0 aromatic heterocycles. The van der Waals surface area contributed by atoms with Crippen LogP contribution in [0.1, 0.15) is 18.5 Å². The molecule has 2 atom stereocenters. The van der Waals surface area contributed by atoms with Gasteiger partial charge in [0.25, 0.3) is 0 Å². The van der Waals surface area contributed by atoms with Gasteiger partial charge in [-0.3, -0.25) is 9.69 Å². The normalized spacial score (nSPS) is 17.5. The van der Waals surface area contributed by atoms with Gasteiger partial charge in [0.15, 0.2) is 0 Å². The fourth-order valence-corrected chi connectivity index (χ4v) is 3.31. The quantitative estimate of drug-likeness (QED) is 0.838. The molecule has 1 aromatic rings. The second-order valence-corrected chi connectivity index (χ2v) is 6.33. The van der Waals surface area contributed by atoms with Crippen LogP contribution in [0, 0.1) is 0 Å². The summed E-state index contributed by atoms with van der Waals surface area (Å²) in [4.78, 5) is 14.9. The summed E-state index contributed by atoms with van der Waals surface area (Å²) in [5.41, 5.74) is 6.66. The maximum atomic E-state index is 12.6. The molecule has 0 spiro atoms. The lowest BCUT2D eigenvalue weighted by molar-refractivity contribution is -0.127. The van der Waals surface area contributed by atoms with Crippen LogP contribution in [0.2, 0.25) is 0 Å². The van der Waals surface area contributed by atoms with Crippen molar-refractivity contribution in [3.63, 3.8) is 0 Å². The Bertz CT molecular complexity index is 430. The fourth-order valence-electron chi connectivity index (χ4n) is 2.38. The zero-order valence-electron chi connectivity index (χ0n) is 12.7. The van der Waals surface area contributed by atoms with Gasteiger partial charge in [0.05, 0.1) is 0 Å². The Morgan fingerprint density at radius 3 is 2.41 bits per heavy atom. The smallest absolute Gasteiger partial charge is 0.242 e. The molecule has 1 amide bonds. The number of nitrogens with one attached hydrogen (secondary N) is 1. The summed E-state index contributed by atoms with van der Waals surface area (Å²) in [5.74, 6) is 2.23. The van der Waals surface area contributed by atoms with Gasteiger partial charge in [0, 0.05) is 37.2 Å². The molecule has 1 fully saturated rings. The van der Waals surface area contributed by atoms with Crippen LogP contribution < -0.4 is 11.1 Å². The highest BCUT2D eigenvalue weighted by Crippen LogP contribution is 2.24. The molecule has 22 heavy (non-hydrogen) atoms. The molecule has 3 N–H and O–H groups in total. The Balaban J connectivity index is 0.00000220. The summed E-state index contributed by atoms with van der Waals surface area (Å²) < 4.78 is 0. The molecule has 7 heteroatoms. The number of thioether (sulfide) groups is 1. The first kappa shape index (κ1) is 21.5. The topological polar surface area (TPSA) is 58.4 Å². The fraction of sp³-hybridized carbons (Fsp3) is 0.533. The van der Waals surface area contributed by atoms with Gasteiger partial charge in [-0.25, -0.2) is 0 Å². The van der Waals surface area contributed by atoms with Crippen molar-refractivity contribution in [3.8, 4) is 0 Å². The van der Waals surface area contributed by atoms with E-state index >= 15 is 0 Å². The first-order valence-corrected chi connectivity index (χ1v) is 8.25. The second-order valence-electron chi connectivity index (χ2n) is 5.11. The SMILES string of the molecule is C[C@@H](CN)NC(=O)C(c1ccccc1)N1CCSCC1.Cl.Cl. The molecule has 4 nitrogen and oxygen atoms in total. The first-order chi connectivity index (χ1) is 9.72. The number of halogens is 2. The van der Waals surface area contributed by atoms with E-state index in [1.807, 2.05) is 49.0 Å². The van der Waals surface area contributed by atoms with Crippen molar-refractivity contribution in [1.29, 1.82) is 0 Å². The molecular formula is C15H25Cl2N3OS. The Kier molecular flexibility index (Phi) is 10.9. The second kappa shape index (κ2) is 11.1. The zero-order chi connectivity index (χ0) is 14.4. The number of amides is 1. The number of carbonyl (C=O) groups excluding carboxylic acids is 1. The minimum Gasteiger partial charge on any atom is -0.351 e. The van der Waals surface area contributed by atoms with Crippen LogP contribution in [0.25, 0.3) is 0 Å². The van der Waals surface area contributed by atoms with Crippen molar-refractivity contribution < 1.29 is 4.79 Å². The van der Waals surface area contributed by atoms with E-state index in [1.165, 1.54) is 0 Å². The van der Waals surface area contributed by atoms with E-state index in [4.69, 9.17) is 5.73 Å². The number of hydrogen-bond acceptors (Lipinski definition) is 4. The average molecular weight is 366 g/mol. The highest BCUT2D eigenvalue weighted by molar-refractivity contribution is 7.99. The Labute approximate surface area is 149 Å². The summed E-state index contributed by atoms with van der Waals surface area (Å²) in [6, 6.07) is 9.81. The highest BCUT2D eigenvalue weighted by Gasteiger charge is 2.29. The third-order valence-corrected chi connectivity index (χ3v) is 4.46. The molecule has 1 aliphatic rings. The van der Waals surface area contributed by atoms with Gasteiger partial charge in [0.1, 0.15) is 6.04 Å². The highest BCUT2D eigenvalue weighted by atomic mass is 35.5. The minimum absolute atomic E-state index is 0. The van der Waals surface area contributed by atoms with Crippen molar-refractivity contribution in [2.24, 2.45) is 5.73 Å². The number of hydrogen-bond donors (Lipinski definition) is 2. The summed E-state index contributed by atoms with van der Waals surface area (Å²) in [5, 5.41) is 3.01. The van der Waals surface area contributed by atoms with E-state index in [0.717, 1.165) is 30.2 Å². The summed E-state index contributed by atoms with van der Waals surface area (Å²) in [7, 11) is 0. The van der Waals surface area contributed by atoms with Gasteiger partial charge >= 0.3 is 0 Å². The van der Waals surface area contributed by atoms with Crippen molar-refractivity contribution in [1.82, 2.24) is 10.2 Å². The van der Waals surface area contributed by atoms with Gasteiger partial charge in [-0.15, -0.1) is 24.8 Å². The third-order valence-electron chi connectivity index (χ3n) is 3.52. The predicted molar refractivity (Wildman–Crippen MR) is 99.2 cm³/mol. The largest absolute Gasteiger partial charge is 0.351 e. The zero-order valence-corrected chi connectivity index (χ0v) is 15.2. The molecular weight excluding hydrogens is 341 g/mol. The lowest BCUT2D eigenvalue weighted by atomic mass is 10.0. The van der Waals surface area contributed by atoms with Crippen LogP contribution in [0.15, 0.2) is 30.3 Å². The molecule has 0 bridgehead atoms. The molecule has 1 aromatic carbocycles. The molecule has 1 aliphatic heterocycles. The molecule has 1 saturated heterocycles. The van der Waals surface area contributed by atoms with Crippen LogP contribution in [0.5, 0.6) is 0 Å². The number of benzene rings is 1. The lowest BCUT2D eigenvalue weighted by Gasteiger charge is -2.34. The summed E-state index contributed by atoms with van der Waals surface area (Å²) in [6.07, 6.45) is 0. The number of rotatable bonds is 5. The van der Waals surface area contributed by atoms with Gasteiger partial charge in [-0.05, 0) is 12.5 Å². The number of nitrogens with two attached hydrogens (primary N) is 1. The molecule has 1 unspecified atom stereocenters. The van der Waals surface area contributed by atoms with Gasteiger partial charge in [0.2, 0.25) is 5.91 Å². The first-order valence-electron chi connectivity index (χ1n) is 7.09. The molecule has 1 heterocycles. The van der Waals surface area contributed by atoms with Crippen molar-refractivity contribution >= 4 is 42.5 Å². The number of nitrogens with zero attached hydrogens (tertiary/aromatic N) is 1.